The molecule has 6 heterocycles. The highest BCUT2D eigenvalue weighted by Gasteiger charge is 2.44. The van der Waals surface area contributed by atoms with Gasteiger partial charge in [0.05, 0.1) is 31.0 Å². The second-order valence-corrected chi connectivity index (χ2v) is 9.40. The summed E-state index contributed by atoms with van der Waals surface area (Å²) in [5.41, 5.74) is 6.61. The van der Waals surface area contributed by atoms with Gasteiger partial charge in [-0.05, 0) is 25.1 Å². The Morgan fingerprint density at radius 1 is 1.06 bits per heavy atom. The topological polar surface area (TPSA) is 82.9 Å². The van der Waals surface area contributed by atoms with Crippen molar-refractivity contribution >= 4 is 11.5 Å². The smallest absolute Gasteiger partial charge is 0.378 e. The van der Waals surface area contributed by atoms with Crippen molar-refractivity contribution in [2.24, 2.45) is 5.92 Å². The molecule has 0 unspecified atom stereocenters. The summed E-state index contributed by atoms with van der Waals surface area (Å²) in [5.74, 6) is 1.55. The number of alkyl halides is 3. The summed E-state index contributed by atoms with van der Waals surface area (Å²) in [4.78, 5) is 18.3. The largest absolute Gasteiger partial charge is 0.417 e. The summed E-state index contributed by atoms with van der Waals surface area (Å²) >= 11 is 0. The second kappa shape index (κ2) is 8.70. The first-order valence-corrected chi connectivity index (χ1v) is 11.8. The first-order valence-electron chi connectivity index (χ1n) is 11.8. The molecule has 0 bridgehead atoms. The minimum absolute atomic E-state index is 0.179. The number of aromatic nitrogens is 4. The van der Waals surface area contributed by atoms with Crippen molar-refractivity contribution in [3.05, 3.63) is 42.4 Å². The Bertz CT molecular complexity index is 1210. The summed E-state index contributed by atoms with van der Waals surface area (Å²) in [6.07, 6.45) is -0.216. The predicted molar refractivity (Wildman–Crippen MR) is 123 cm³/mol. The zero-order valence-electron chi connectivity index (χ0n) is 19.2. The first-order chi connectivity index (χ1) is 16.9. The molecular weight excluding hydrogens is 461 g/mol. The molecule has 2 atom stereocenters. The van der Waals surface area contributed by atoms with Crippen molar-refractivity contribution in [3.63, 3.8) is 0 Å². The third-order valence-electron chi connectivity index (χ3n) is 7.39. The number of nitrogens with one attached hydrogen (secondary N) is 2. The highest BCUT2D eigenvalue weighted by Crippen LogP contribution is 2.33. The molecule has 12 heteroatoms. The molecule has 0 radical (unpaired) electrons. The molecule has 3 saturated heterocycles. The van der Waals surface area contributed by atoms with Crippen LogP contribution in [-0.4, -0.2) is 81.8 Å². The zero-order valence-corrected chi connectivity index (χ0v) is 19.2. The zero-order chi connectivity index (χ0) is 24.2. The van der Waals surface area contributed by atoms with Crippen molar-refractivity contribution in [1.29, 1.82) is 0 Å². The van der Waals surface area contributed by atoms with Crippen molar-refractivity contribution < 1.29 is 17.9 Å². The minimum atomic E-state index is -4.45. The standard InChI is InChI=1S/C23H27F3N8O/c1-14-21(15-8-29-30-9-15)33(17-12-35-13-17)7-6-32(14)20-4-5-27-22(31-20)18-10-28-19-3-2-16(11-34(18)19)23(24,25)26/h2-5,10-11,14-15,17,21,29-30H,6-9,12-13H2,1H3/t14-,21+/m0/s1. The lowest BCUT2D eigenvalue weighted by Gasteiger charge is -2.53. The van der Waals surface area contributed by atoms with Crippen LogP contribution in [0, 0.1) is 5.92 Å². The van der Waals surface area contributed by atoms with Gasteiger partial charge in [0.2, 0.25) is 0 Å². The van der Waals surface area contributed by atoms with Gasteiger partial charge in [0.15, 0.2) is 5.82 Å². The van der Waals surface area contributed by atoms with Crippen LogP contribution in [0.3, 0.4) is 0 Å². The predicted octanol–water partition coefficient (Wildman–Crippen LogP) is 1.81. The maximum absolute atomic E-state index is 13.3. The molecule has 3 aliphatic heterocycles. The molecule has 0 saturated carbocycles. The van der Waals surface area contributed by atoms with E-state index in [1.54, 1.807) is 6.20 Å². The molecule has 3 aliphatic rings. The number of rotatable bonds is 4. The molecule has 3 aromatic rings. The average Bonchev–Trinajstić information content (AvgIpc) is 3.47. The van der Waals surface area contributed by atoms with E-state index in [1.165, 1.54) is 16.7 Å². The molecule has 0 spiro atoms. The number of hydrazine groups is 1. The highest BCUT2D eigenvalue weighted by atomic mass is 19.4. The lowest BCUT2D eigenvalue weighted by molar-refractivity contribution is -0.137. The molecule has 35 heavy (non-hydrogen) atoms. The number of piperazine rings is 1. The minimum Gasteiger partial charge on any atom is -0.378 e. The first kappa shape index (κ1) is 22.7. The Morgan fingerprint density at radius 2 is 1.86 bits per heavy atom. The number of anilines is 1. The van der Waals surface area contributed by atoms with Crippen LogP contribution < -0.4 is 15.8 Å². The van der Waals surface area contributed by atoms with Gasteiger partial charge < -0.3 is 9.64 Å². The summed E-state index contributed by atoms with van der Waals surface area (Å²) in [6.45, 7) is 7.23. The number of imidazole rings is 1. The number of fused-ring (bicyclic) bond motifs is 1. The molecule has 0 aromatic carbocycles. The quantitative estimate of drug-likeness (QED) is 0.576. The van der Waals surface area contributed by atoms with Gasteiger partial charge >= 0.3 is 6.18 Å². The van der Waals surface area contributed by atoms with Gasteiger partial charge in [0.1, 0.15) is 17.2 Å². The van der Waals surface area contributed by atoms with Crippen LogP contribution in [-0.2, 0) is 10.9 Å². The lowest BCUT2D eigenvalue weighted by Crippen LogP contribution is -2.67. The second-order valence-electron chi connectivity index (χ2n) is 9.40. The fourth-order valence-electron chi connectivity index (χ4n) is 5.53. The van der Waals surface area contributed by atoms with E-state index in [4.69, 9.17) is 9.72 Å². The number of hydrogen-bond acceptors (Lipinski definition) is 8. The molecule has 186 valence electrons. The third-order valence-corrected chi connectivity index (χ3v) is 7.39. The van der Waals surface area contributed by atoms with Crippen LogP contribution in [0.15, 0.2) is 36.8 Å². The van der Waals surface area contributed by atoms with Crippen molar-refractivity contribution in [3.8, 4) is 11.5 Å². The van der Waals surface area contributed by atoms with Gasteiger partial charge in [-0.2, -0.15) is 13.2 Å². The van der Waals surface area contributed by atoms with Crippen LogP contribution in [0.5, 0.6) is 0 Å². The van der Waals surface area contributed by atoms with E-state index >= 15 is 0 Å². The van der Waals surface area contributed by atoms with Gasteiger partial charge in [-0.3, -0.25) is 20.2 Å². The van der Waals surface area contributed by atoms with Gasteiger partial charge in [0, 0.05) is 56.6 Å². The number of halogens is 3. The van der Waals surface area contributed by atoms with E-state index in [9.17, 15) is 13.2 Å². The number of hydrogen-bond donors (Lipinski definition) is 2. The Morgan fingerprint density at radius 3 is 2.57 bits per heavy atom. The normalized spacial score (nSPS) is 24.9. The van der Waals surface area contributed by atoms with E-state index in [1.807, 2.05) is 6.07 Å². The molecule has 2 N–H and O–H groups in total. The maximum Gasteiger partial charge on any atom is 0.417 e. The van der Waals surface area contributed by atoms with Crippen LogP contribution in [0.4, 0.5) is 19.0 Å². The Labute approximate surface area is 200 Å². The summed E-state index contributed by atoms with van der Waals surface area (Å²) in [7, 11) is 0. The summed E-state index contributed by atoms with van der Waals surface area (Å²) in [5, 5.41) is 0. The van der Waals surface area contributed by atoms with Crippen LogP contribution in [0.2, 0.25) is 0 Å². The van der Waals surface area contributed by atoms with Crippen LogP contribution in [0.25, 0.3) is 17.2 Å². The number of nitrogens with zero attached hydrogens (tertiary/aromatic N) is 6. The van der Waals surface area contributed by atoms with Crippen LogP contribution >= 0.6 is 0 Å². The molecule has 3 aromatic heterocycles. The van der Waals surface area contributed by atoms with E-state index in [0.717, 1.165) is 57.5 Å². The maximum atomic E-state index is 13.3. The van der Waals surface area contributed by atoms with Crippen molar-refractivity contribution in [2.45, 2.75) is 31.2 Å². The highest BCUT2D eigenvalue weighted by molar-refractivity contribution is 5.59. The number of ether oxygens (including phenoxy) is 1. The van der Waals surface area contributed by atoms with Crippen molar-refractivity contribution in [1.82, 2.24) is 35.1 Å². The molecule has 0 aliphatic carbocycles. The number of pyridine rings is 1. The molecular formula is C23H27F3N8O. The Kier molecular flexibility index (Phi) is 5.63. The van der Waals surface area contributed by atoms with Gasteiger partial charge in [-0.25, -0.2) is 15.0 Å². The Hall–Kier alpha value is -2.80. The Balaban J connectivity index is 1.32. The monoisotopic (exact) mass is 488 g/mol. The SMILES string of the molecule is C[C@H]1[C@H](C2CNNC2)N(C2COC2)CCN1c1ccnc(-c2cnc3ccc(C(F)(F)F)cn23)n1. The summed E-state index contributed by atoms with van der Waals surface area (Å²) < 4.78 is 46.8. The summed E-state index contributed by atoms with van der Waals surface area (Å²) in [6, 6.07) is 5.18. The van der Waals surface area contributed by atoms with Gasteiger partial charge in [0.25, 0.3) is 0 Å². The van der Waals surface area contributed by atoms with Crippen molar-refractivity contribution in [2.75, 3.05) is 44.3 Å². The average molecular weight is 489 g/mol. The van der Waals surface area contributed by atoms with E-state index in [2.05, 4.69) is 37.5 Å². The van der Waals surface area contributed by atoms with E-state index in [0.29, 0.717) is 35.2 Å². The fourth-order valence-corrected chi connectivity index (χ4v) is 5.53. The molecule has 3 fully saturated rings. The fraction of sp³-hybridized carbons (Fsp3) is 0.522. The lowest BCUT2D eigenvalue weighted by atomic mass is 9.88. The third kappa shape index (κ3) is 4.03. The van der Waals surface area contributed by atoms with Crippen LogP contribution in [0.1, 0.15) is 12.5 Å². The van der Waals surface area contributed by atoms with Gasteiger partial charge in [-0.1, -0.05) is 0 Å². The molecule has 6 rings (SSSR count). The van der Waals surface area contributed by atoms with Gasteiger partial charge in [-0.15, -0.1) is 0 Å². The van der Waals surface area contributed by atoms with E-state index < -0.39 is 11.7 Å². The molecule has 9 nitrogen and oxygen atoms in total. The van der Waals surface area contributed by atoms with E-state index in [-0.39, 0.29) is 6.04 Å². The molecule has 0 amide bonds.